The van der Waals surface area contributed by atoms with Crippen LogP contribution in [0.1, 0.15) is 18.3 Å². The largest absolute Gasteiger partial charge is 0.496 e. The van der Waals surface area contributed by atoms with Crippen LogP contribution in [0.25, 0.3) is 11.3 Å². The Bertz CT molecular complexity index is 678. The van der Waals surface area contributed by atoms with Gasteiger partial charge in [0.2, 0.25) is 0 Å². The van der Waals surface area contributed by atoms with Crippen molar-refractivity contribution in [3.05, 3.63) is 23.5 Å². The summed E-state index contributed by atoms with van der Waals surface area (Å²) in [4.78, 5) is 4.41. The van der Waals surface area contributed by atoms with Crippen LogP contribution < -0.4 is 21.1 Å². The zero-order valence-corrected chi connectivity index (χ0v) is 11.8. The first-order chi connectivity index (χ1) is 9.51. The molecule has 0 aliphatic carbocycles. The Labute approximate surface area is 117 Å². The monoisotopic (exact) mass is 274 g/mol. The second kappa shape index (κ2) is 4.33. The summed E-state index contributed by atoms with van der Waals surface area (Å²) in [7, 11) is 1.63. The lowest BCUT2D eigenvalue weighted by atomic mass is 10.0. The fourth-order valence-corrected chi connectivity index (χ4v) is 2.55. The summed E-state index contributed by atoms with van der Waals surface area (Å²) >= 11 is 0. The van der Waals surface area contributed by atoms with Crippen molar-refractivity contribution in [1.29, 1.82) is 0 Å². The fraction of sp³-hybridized carbons (Fsp3) is 0.357. The van der Waals surface area contributed by atoms with Gasteiger partial charge in [-0.2, -0.15) is 0 Å². The lowest BCUT2D eigenvalue weighted by molar-refractivity contribution is 0.254. The van der Waals surface area contributed by atoms with Gasteiger partial charge in [-0.15, -0.1) is 0 Å². The number of rotatable bonds is 2. The van der Waals surface area contributed by atoms with E-state index in [0.29, 0.717) is 17.3 Å². The molecule has 0 spiro atoms. The molecule has 0 radical (unpaired) electrons. The summed E-state index contributed by atoms with van der Waals surface area (Å²) < 4.78 is 12.6. The van der Waals surface area contributed by atoms with Gasteiger partial charge in [0, 0.05) is 17.5 Å². The molecule has 0 bridgehead atoms. The second-order valence-corrected chi connectivity index (χ2v) is 5.06. The first-order valence-corrected chi connectivity index (χ1v) is 6.49. The summed E-state index contributed by atoms with van der Waals surface area (Å²) in [5, 5.41) is 0. The maximum Gasteiger partial charge on any atom is 0.150 e. The Balaban J connectivity index is 2.18. The van der Waals surface area contributed by atoms with Crippen LogP contribution in [0.3, 0.4) is 0 Å². The fourth-order valence-electron chi connectivity index (χ4n) is 2.55. The minimum absolute atomic E-state index is 0.177. The van der Waals surface area contributed by atoms with E-state index in [0.717, 1.165) is 29.0 Å². The lowest BCUT2D eigenvalue weighted by Crippen LogP contribution is -2.13. The SMILES string of the molecule is COc1cc2c(cc1-c1nc(C)n(N)c1N)OC(C)C2. The van der Waals surface area contributed by atoms with Crippen molar-refractivity contribution >= 4 is 5.82 Å². The topological polar surface area (TPSA) is 88.3 Å². The van der Waals surface area contributed by atoms with Crippen LogP contribution in [0.5, 0.6) is 11.5 Å². The highest BCUT2D eigenvalue weighted by Crippen LogP contribution is 2.41. The van der Waals surface area contributed by atoms with Crippen molar-refractivity contribution in [2.45, 2.75) is 26.4 Å². The van der Waals surface area contributed by atoms with Gasteiger partial charge in [-0.25, -0.2) is 9.66 Å². The molecule has 1 aromatic carbocycles. The van der Waals surface area contributed by atoms with E-state index < -0.39 is 0 Å². The maximum atomic E-state index is 6.01. The zero-order valence-electron chi connectivity index (χ0n) is 11.8. The van der Waals surface area contributed by atoms with Crippen molar-refractivity contribution in [3.8, 4) is 22.8 Å². The number of hydrogen-bond acceptors (Lipinski definition) is 5. The van der Waals surface area contributed by atoms with Crippen molar-refractivity contribution < 1.29 is 9.47 Å². The van der Waals surface area contributed by atoms with Gasteiger partial charge < -0.3 is 21.1 Å². The van der Waals surface area contributed by atoms with Crippen LogP contribution in [0, 0.1) is 6.92 Å². The zero-order chi connectivity index (χ0) is 14.4. The van der Waals surface area contributed by atoms with Gasteiger partial charge in [0.15, 0.2) is 5.82 Å². The van der Waals surface area contributed by atoms with Crippen LogP contribution >= 0.6 is 0 Å². The highest BCUT2D eigenvalue weighted by molar-refractivity contribution is 5.78. The molecule has 1 aromatic heterocycles. The number of aryl methyl sites for hydroxylation is 1. The van der Waals surface area contributed by atoms with Crippen LogP contribution in [-0.2, 0) is 6.42 Å². The molecular weight excluding hydrogens is 256 g/mol. The third-order valence-corrected chi connectivity index (χ3v) is 3.60. The molecule has 1 aliphatic rings. The molecule has 0 amide bonds. The summed E-state index contributed by atoms with van der Waals surface area (Å²) in [5.41, 5.74) is 8.56. The van der Waals surface area contributed by atoms with Crippen molar-refractivity contribution in [3.63, 3.8) is 0 Å². The Morgan fingerprint density at radius 1 is 1.45 bits per heavy atom. The summed E-state index contributed by atoms with van der Waals surface area (Å²) in [5.74, 6) is 8.47. The molecule has 106 valence electrons. The second-order valence-electron chi connectivity index (χ2n) is 5.06. The van der Waals surface area contributed by atoms with Gasteiger partial charge in [0.25, 0.3) is 0 Å². The highest BCUT2D eigenvalue weighted by atomic mass is 16.5. The van der Waals surface area contributed by atoms with E-state index in [2.05, 4.69) is 4.98 Å². The van der Waals surface area contributed by atoms with Gasteiger partial charge in [0.1, 0.15) is 29.1 Å². The Morgan fingerprint density at radius 2 is 2.20 bits per heavy atom. The van der Waals surface area contributed by atoms with Gasteiger partial charge in [-0.1, -0.05) is 0 Å². The first kappa shape index (κ1) is 12.7. The smallest absolute Gasteiger partial charge is 0.150 e. The third kappa shape index (κ3) is 1.76. The number of nitrogens with zero attached hydrogens (tertiary/aromatic N) is 2. The number of aromatic nitrogens is 2. The molecule has 0 fully saturated rings. The van der Waals surface area contributed by atoms with E-state index in [1.54, 1.807) is 14.0 Å². The van der Waals surface area contributed by atoms with Crippen LogP contribution in [-0.4, -0.2) is 22.9 Å². The minimum atomic E-state index is 0.177. The molecular formula is C14H18N4O2. The third-order valence-electron chi connectivity index (χ3n) is 3.60. The van der Waals surface area contributed by atoms with E-state index >= 15 is 0 Å². The van der Waals surface area contributed by atoms with Crippen molar-refractivity contribution in [1.82, 2.24) is 9.66 Å². The average molecular weight is 274 g/mol. The van der Waals surface area contributed by atoms with Crippen LogP contribution in [0.2, 0.25) is 0 Å². The van der Waals surface area contributed by atoms with Crippen LogP contribution in [0.15, 0.2) is 12.1 Å². The van der Waals surface area contributed by atoms with E-state index in [1.807, 2.05) is 19.1 Å². The molecule has 1 unspecified atom stereocenters. The summed E-state index contributed by atoms with van der Waals surface area (Å²) in [6, 6.07) is 3.91. The van der Waals surface area contributed by atoms with E-state index in [-0.39, 0.29) is 6.10 Å². The molecule has 4 N–H and O–H groups in total. The predicted octanol–water partition coefficient (Wildman–Crippen LogP) is 1.49. The normalized spacial score (nSPS) is 16.9. The highest BCUT2D eigenvalue weighted by Gasteiger charge is 2.24. The van der Waals surface area contributed by atoms with E-state index in [1.165, 1.54) is 4.68 Å². The quantitative estimate of drug-likeness (QED) is 0.810. The standard InChI is InChI=1S/C14H18N4O2/c1-7-4-9-5-12(19-3)10(6-11(9)20-7)13-14(15)18(16)8(2)17-13/h5-7H,4,15-16H2,1-3H3. The number of benzene rings is 1. The minimum Gasteiger partial charge on any atom is -0.496 e. The lowest BCUT2D eigenvalue weighted by Gasteiger charge is -2.10. The average Bonchev–Trinajstić information content (AvgIpc) is 2.90. The molecule has 1 aliphatic heterocycles. The number of methoxy groups -OCH3 is 1. The van der Waals surface area contributed by atoms with Gasteiger partial charge >= 0.3 is 0 Å². The number of nitrogens with two attached hydrogens (primary N) is 2. The van der Waals surface area contributed by atoms with Gasteiger partial charge in [-0.05, 0) is 26.0 Å². The molecule has 6 nitrogen and oxygen atoms in total. The molecule has 20 heavy (non-hydrogen) atoms. The number of nitrogen functional groups attached to an aromatic ring is 2. The van der Waals surface area contributed by atoms with Crippen LogP contribution in [0.4, 0.5) is 5.82 Å². The molecule has 6 heteroatoms. The number of anilines is 1. The predicted molar refractivity (Wildman–Crippen MR) is 77.3 cm³/mol. The van der Waals surface area contributed by atoms with E-state index in [9.17, 15) is 0 Å². The van der Waals surface area contributed by atoms with Gasteiger partial charge in [0.05, 0.1) is 7.11 Å². The molecule has 3 rings (SSSR count). The Hall–Kier alpha value is -2.37. The molecule has 0 saturated heterocycles. The van der Waals surface area contributed by atoms with Crippen molar-refractivity contribution in [2.24, 2.45) is 0 Å². The molecule has 2 heterocycles. The molecule has 2 aromatic rings. The number of hydrogen-bond donors (Lipinski definition) is 2. The summed E-state index contributed by atoms with van der Waals surface area (Å²) in [6.07, 6.45) is 1.06. The molecule has 1 atom stereocenters. The van der Waals surface area contributed by atoms with Crippen molar-refractivity contribution in [2.75, 3.05) is 18.7 Å². The Kier molecular flexibility index (Phi) is 2.74. The molecule has 0 saturated carbocycles. The maximum absolute atomic E-state index is 6.01. The number of imidazole rings is 1. The first-order valence-electron chi connectivity index (χ1n) is 6.49. The van der Waals surface area contributed by atoms with Gasteiger partial charge in [-0.3, -0.25) is 0 Å². The van der Waals surface area contributed by atoms with E-state index in [4.69, 9.17) is 21.1 Å². The Morgan fingerprint density at radius 3 is 2.80 bits per heavy atom. The number of ether oxygens (including phenoxy) is 2. The summed E-state index contributed by atoms with van der Waals surface area (Å²) in [6.45, 7) is 3.84. The number of fused-ring (bicyclic) bond motifs is 1.